The van der Waals surface area contributed by atoms with Gasteiger partial charge in [0.05, 0.1) is 0 Å². The topological polar surface area (TPSA) is 78.9 Å². The number of rotatable bonds is 42. The maximum atomic E-state index is 12.7. The molecule has 0 aromatic carbocycles. The lowest BCUT2D eigenvalue weighted by molar-refractivity contribution is -0.167. The molecule has 0 fully saturated rings. The van der Waals surface area contributed by atoms with Crippen LogP contribution >= 0.6 is 0 Å². The number of carbonyl (C=O) groups excluding carboxylic acids is 3. The summed E-state index contributed by atoms with van der Waals surface area (Å²) < 4.78 is 16.7. The molecule has 0 aliphatic rings. The predicted octanol–water partition coefficient (Wildman–Crippen LogP) is 14.8. The Labute approximate surface area is 334 Å². The first-order chi connectivity index (χ1) is 26.5. The van der Waals surface area contributed by atoms with Gasteiger partial charge >= 0.3 is 17.9 Å². The van der Waals surface area contributed by atoms with Crippen molar-refractivity contribution in [3.63, 3.8) is 0 Å². The molecular formula is C48H88O6. The molecule has 0 aliphatic heterocycles. The lowest BCUT2D eigenvalue weighted by Gasteiger charge is -2.18. The third-order valence-electron chi connectivity index (χ3n) is 10.2. The zero-order valence-electron chi connectivity index (χ0n) is 36.0. The molecule has 0 amide bonds. The summed E-state index contributed by atoms with van der Waals surface area (Å²) in [5, 5.41) is 0. The maximum Gasteiger partial charge on any atom is 0.306 e. The summed E-state index contributed by atoms with van der Waals surface area (Å²) in [5.41, 5.74) is 0. The third kappa shape index (κ3) is 41.1. The van der Waals surface area contributed by atoms with Gasteiger partial charge in [0.25, 0.3) is 0 Å². The second-order valence-corrected chi connectivity index (χ2v) is 15.6. The highest BCUT2D eigenvalue weighted by atomic mass is 16.6. The summed E-state index contributed by atoms with van der Waals surface area (Å²) >= 11 is 0. The van der Waals surface area contributed by atoms with Gasteiger partial charge in [-0.25, -0.2) is 0 Å². The summed E-state index contributed by atoms with van der Waals surface area (Å²) in [4.78, 5) is 37.7. The summed E-state index contributed by atoms with van der Waals surface area (Å²) in [7, 11) is 0. The van der Waals surface area contributed by atoms with Crippen molar-refractivity contribution in [3.05, 3.63) is 24.3 Å². The van der Waals surface area contributed by atoms with E-state index in [0.29, 0.717) is 19.3 Å². The molecule has 316 valence electrons. The summed E-state index contributed by atoms with van der Waals surface area (Å²) in [6.45, 7) is 6.52. The van der Waals surface area contributed by atoms with Crippen LogP contribution in [0.3, 0.4) is 0 Å². The highest BCUT2D eigenvalue weighted by Crippen LogP contribution is 2.15. The largest absolute Gasteiger partial charge is 0.462 e. The van der Waals surface area contributed by atoms with E-state index in [9.17, 15) is 14.4 Å². The van der Waals surface area contributed by atoms with Crippen LogP contribution < -0.4 is 0 Å². The van der Waals surface area contributed by atoms with Crippen LogP contribution in [0, 0.1) is 0 Å². The van der Waals surface area contributed by atoms with Crippen molar-refractivity contribution in [1.82, 2.24) is 0 Å². The van der Waals surface area contributed by atoms with E-state index in [1.807, 2.05) is 0 Å². The fraction of sp³-hybridized carbons (Fsp3) is 0.854. The van der Waals surface area contributed by atoms with Crippen LogP contribution in [-0.2, 0) is 28.6 Å². The van der Waals surface area contributed by atoms with E-state index in [1.54, 1.807) is 0 Å². The number of unbranched alkanes of at least 4 members (excludes halogenated alkanes) is 27. The summed E-state index contributed by atoms with van der Waals surface area (Å²) in [5.74, 6) is -0.873. The molecule has 0 saturated heterocycles. The molecule has 0 spiro atoms. The highest BCUT2D eigenvalue weighted by Gasteiger charge is 2.19. The Kier molecular flexibility index (Phi) is 41.9. The first kappa shape index (κ1) is 51.9. The minimum atomic E-state index is -0.766. The molecule has 0 rings (SSSR count). The Morgan fingerprint density at radius 2 is 0.722 bits per heavy atom. The van der Waals surface area contributed by atoms with Crippen LogP contribution in [0.2, 0.25) is 0 Å². The van der Waals surface area contributed by atoms with Crippen molar-refractivity contribution in [1.29, 1.82) is 0 Å². The van der Waals surface area contributed by atoms with Gasteiger partial charge in [-0.1, -0.05) is 206 Å². The minimum Gasteiger partial charge on any atom is -0.462 e. The zero-order valence-corrected chi connectivity index (χ0v) is 36.0. The van der Waals surface area contributed by atoms with Crippen molar-refractivity contribution < 1.29 is 28.6 Å². The molecule has 1 atom stereocenters. The lowest BCUT2D eigenvalue weighted by Crippen LogP contribution is -2.30. The van der Waals surface area contributed by atoms with E-state index in [1.165, 1.54) is 128 Å². The van der Waals surface area contributed by atoms with Crippen molar-refractivity contribution in [3.8, 4) is 0 Å². The van der Waals surface area contributed by atoms with Crippen LogP contribution in [-0.4, -0.2) is 37.2 Å². The van der Waals surface area contributed by atoms with Gasteiger partial charge < -0.3 is 14.2 Å². The number of carbonyl (C=O) groups is 3. The monoisotopic (exact) mass is 761 g/mol. The second-order valence-electron chi connectivity index (χ2n) is 15.6. The number of esters is 3. The Morgan fingerprint density at radius 3 is 1.11 bits per heavy atom. The van der Waals surface area contributed by atoms with E-state index in [4.69, 9.17) is 14.2 Å². The van der Waals surface area contributed by atoms with E-state index in [0.717, 1.165) is 77.0 Å². The Balaban J connectivity index is 4.34. The Bertz CT molecular complexity index is 880. The van der Waals surface area contributed by atoms with Crippen LogP contribution in [0.4, 0.5) is 0 Å². The fourth-order valence-electron chi connectivity index (χ4n) is 6.72. The van der Waals surface area contributed by atoms with Crippen LogP contribution in [0.25, 0.3) is 0 Å². The molecular weight excluding hydrogens is 673 g/mol. The molecule has 0 radical (unpaired) electrons. The maximum absolute atomic E-state index is 12.7. The smallest absolute Gasteiger partial charge is 0.306 e. The number of hydrogen-bond donors (Lipinski definition) is 0. The first-order valence-corrected chi connectivity index (χ1v) is 23.3. The Hall–Kier alpha value is -2.11. The molecule has 0 aliphatic carbocycles. The van der Waals surface area contributed by atoms with Crippen LogP contribution in [0.15, 0.2) is 24.3 Å². The van der Waals surface area contributed by atoms with Gasteiger partial charge in [-0.2, -0.15) is 0 Å². The second kappa shape index (κ2) is 43.6. The van der Waals surface area contributed by atoms with Crippen molar-refractivity contribution >= 4 is 17.9 Å². The molecule has 0 heterocycles. The van der Waals surface area contributed by atoms with Crippen molar-refractivity contribution in [2.24, 2.45) is 0 Å². The lowest BCUT2D eigenvalue weighted by atomic mass is 10.0. The first-order valence-electron chi connectivity index (χ1n) is 23.3. The van der Waals surface area contributed by atoms with Gasteiger partial charge in [-0.05, 0) is 44.9 Å². The van der Waals surface area contributed by atoms with Crippen molar-refractivity contribution in [2.45, 2.75) is 252 Å². The summed E-state index contributed by atoms with van der Waals surface area (Å²) in [6.07, 6.45) is 47.3. The van der Waals surface area contributed by atoms with Gasteiger partial charge in [-0.15, -0.1) is 0 Å². The third-order valence-corrected chi connectivity index (χ3v) is 10.2. The SMILES string of the molecule is CC/C=C\C/C=C\CCCCCCCCCC(=O)OCC(COC(=O)CCCCCCCCCCCC)OC(=O)CCCCCCCCCCCCCC. The minimum absolute atomic E-state index is 0.0697. The van der Waals surface area contributed by atoms with Gasteiger partial charge in [0, 0.05) is 19.3 Å². The molecule has 0 bridgehead atoms. The van der Waals surface area contributed by atoms with E-state index >= 15 is 0 Å². The van der Waals surface area contributed by atoms with Crippen LogP contribution in [0.1, 0.15) is 245 Å². The summed E-state index contributed by atoms with van der Waals surface area (Å²) in [6, 6.07) is 0. The predicted molar refractivity (Wildman–Crippen MR) is 229 cm³/mol. The average molecular weight is 761 g/mol. The normalized spacial score (nSPS) is 12.1. The number of ether oxygens (including phenoxy) is 3. The standard InChI is InChI=1S/C48H88O6/c1-4-7-10-13-16-19-22-24-25-27-29-32-35-38-41-47(50)53-44-45(43-52-46(49)40-37-34-31-28-21-18-15-12-9-6-3)54-48(51)42-39-36-33-30-26-23-20-17-14-11-8-5-2/h7,10,16,19,45H,4-6,8-9,11-15,17-18,20-44H2,1-3H3/b10-7-,19-16-. The quantitative estimate of drug-likeness (QED) is 0.0267. The highest BCUT2D eigenvalue weighted by molar-refractivity contribution is 5.71. The molecule has 54 heavy (non-hydrogen) atoms. The molecule has 0 aromatic heterocycles. The van der Waals surface area contributed by atoms with E-state index < -0.39 is 6.10 Å². The van der Waals surface area contributed by atoms with E-state index in [-0.39, 0.29) is 31.1 Å². The molecule has 1 unspecified atom stereocenters. The van der Waals surface area contributed by atoms with Crippen LogP contribution in [0.5, 0.6) is 0 Å². The Morgan fingerprint density at radius 1 is 0.389 bits per heavy atom. The molecule has 0 aromatic rings. The van der Waals surface area contributed by atoms with E-state index in [2.05, 4.69) is 45.1 Å². The molecule has 6 nitrogen and oxygen atoms in total. The fourth-order valence-corrected chi connectivity index (χ4v) is 6.72. The van der Waals surface area contributed by atoms with Crippen molar-refractivity contribution in [2.75, 3.05) is 13.2 Å². The van der Waals surface area contributed by atoms with Gasteiger partial charge in [-0.3, -0.25) is 14.4 Å². The number of allylic oxidation sites excluding steroid dienone is 4. The molecule has 0 N–H and O–H groups in total. The molecule has 0 saturated carbocycles. The average Bonchev–Trinajstić information content (AvgIpc) is 3.17. The van der Waals surface area contributed by atoms with Gasteiger partial charge in [0.1, 0.15) is 13.2 Å². The number of hydrogen-bond acceptors (Lipinski definition) is 6. The van der Waals surface area contributed by atoms with Gasteiger partial charge in [0.2, 0.25) is 0 Å². The zero-order chi connectivity index (χ0) is 39.4. The van der Waals surface area contributed by atoms with Gasteiger partial charge in [0.15, 0.2) is 6.10 Å². The molecule has 6 heteroatoms.